The summed E-state index contributed by atoms with van der Waals surface area (Å²) < 4.78 is 2.02. The molecule has 2 N–H and O–H groups in total. The molecule has 1 aliphatic rings. The van der Waals surface area contributed by atoms with E-state index in [1.54, 1.807) is 0 Å². The fraction of sp³-hybridized carbons (Fsp3) is 0.600. The monoisotopic (exact) mass is 273 g/mol. The molecule has 0 amide bonds. The fourth-order valence-corrected chi connectivity index (χ4v) is 2.64. The SMILES string of the molecule is CCCNc1cn2ccnc2c(NCC2(C)CCC2)n1. The van der Waals surface area contributed by atoms with Gasteiger partial charge in [-0.05, 0) is 24.7 Å². The van der Waals surface area contributed by atoms with E-state index in [1.807, 2.05) is 23.0 Å². The Labute approximate surface area is 119 Å². The smallest absolute Gasteiger partial charge is 0.180 e. The highest BCUT2D eigenvalue weighted by Gasteiger charge is 2.31. The Morgan fingerprint density at radius 2 is 2.20 bits per heavy atom. The minimum atomic E-state index is 0.429. The molecule has 0 aromatic carbocycles. The highest BCUT2D eigenvalue weighted by Crippen LogP contribution is 2.40. The van der Waals surface area contributed by atoms with Crippen molar-refractivity contribution in [3.63, 3.8) is 0 Å². The van der Waals surface area contributed by atoms with Crippen molar-refractivity contribution >= 4 is 17.3 Å². The van der Waals surface area contributed by atoms with E-state index in [9.17, 15) is 0 Å². The van der Waals surface area contributed by atoms with E-state index in [4.69, 9.17) is 0 Å². The molecule has 108 valence electrons. The minimum absolute atomic E-state index is 0.429. The molecule has 5 nitrogen and oxygen atoms in total. The van der Waals surface area contributed by atoms with Crippen molar-refractivity contribution in [1.29, 1.82) is 0 Å². The second kappa shape index (κ2) is 5.31. The molecule has 1 fully saturated rings. The summed E-state index contributed by atoms with van der Waals surface area (Å²) in [6, 6.07) is 0. The van der Waals surface area contributed by atoms with E-state index in [0.29, 0.717) is 5.41 Å². The number of imidazole rings is 1. The van der Waals surface area contributed by atoms with Crippen LogP contribution >= 0.6 is 0 Å². The molecule has 1 aliphatic carbocycles. The first-order valence-corrected chi connectivity index (χ1v) is 7.52. The molecule has 0 atom stereocenters. The Morgan fingerprint density at radius 1 is 1.35 bits per heavy atom. The Hall–Kier alpha value is -1.78. The van der Waals surface area contributed by atoms with E-state index in [2.05, 4.69) is 34.4 Å². The second-order valence-corrected chi connectivity index (χ2v) is 6.08. The van der Waals surface area contributed by atoms with Crippen LogP contribution < -0.4 is 10.6 Å². The van der Waals surface area contributed by atoms with Gasteiger partial charge in [-0.15, -0.1) is 0 Å². The summed E-state index contributed by atoms with van der Waals surface area (Å²) >= 11 is 0. The first kappa shape index (κ1) is 13.2. The average molecular weight is 273 g/mol. The average Bonchev–Trinajstić information content (AvgIpc) is 2.88. The van der Waals surface area contributed by atoms with Crippen molar-refractivity contribution in [2.75, 3.05) is 23.7 Å². The van der Waals surface area contributed by atoms with Crippen LogP contribution in [0.2, 0.25) is 0 Å². The standard InChI is InChI=1S/C15H23N5/c1-3-7-16-12-10-20-9-8-17-14(20)13(19-12)18-11-15(2)5-4-6-15/h8-10,16H,3-7,11H2,1-2H3,(H,18,19). The number of nitrogens with zero attached hydrogens (tertiary/aromatic N) is 3. The van der Waals surface area contributed by atoms with Crippen LogP contribution in [0.4, 0.5) is 11.6 Å². The molecular formula is C15H23N5. The molecule has 0 radical (unpaired) electrons. The van der Waals surface area contributed by atoms with Crippen LogP contribution in [0.15, 0.2) is 18.6 Å². The number of aromatic nitrogens is 3. The first-order valence-electron chi connectivity index (χ1n) is 7.52. The molecule has 2 aromatic heterocycles. The van der Waals surface area contributed by atoms with Gasteiger partial charge in [-0.1, -0.05) is 20.3 Å². The maximum atomic E-state index is 4.67. The quantitative estimate of drug-likeness (QED) is 0.849. The van der Waals surface area contributed by atoms with Crippen LogP contribution in [-0.4, -0.2) is 27.5 Å². The van der Waals surface area contributed by atoms with Crippen molar-refractivity contribution < 1.29 is 0 Å². The van der Waals surface area contributed by atoms with Crippen molar-refractivity contribution in [3.8, 4) is 0 Å². The van der Waals surface area contributed by atoms with Crippen molar-refractivity contribution in [1.82, 2.24) is 14.4 Å². The number of fused-ring (bicyclic) bond motifs is 1. The Bertz CT molecular complexity index is 585. The van der Waals surface area contributed by atoms with Gasteiger partial charge < -0.3 is 15.0 Å². The molecule has 3 rings (SSSR count). The zero-order valence-electron chi connectivity index (χ0n) is 12.3. The van der Waals surface area contributed by atoms with Gasteiger partial charge in [0.15, 0.2) is 11.5 Å². The molecule has 2 heterocycles. The normalized spacial score (nSPS) is 16.9. The minimum Gasteiger partial charge on any atom is -0.369 e. The third-order valence-corrected chi connectivity index (χ3v) is 4.17. The highest BCUT2D eigenvalue weighted by atomic mass is 15.1. The molecule has 0 saturated heterocycles. The molecule has 5 heteroatoms. The first-order chi connectivity index (χ1) is 9.70. The van der Waals surface area contributed by atoms with Crippen LogP contribution in [0.3, 0.4) is 0 Å². The lowest BCUT2D eigenvalue weighted by Gasteiger charge is -2.38. The summed E-state index contributed by atoms with van der Waals surface area (Å²) in [5, 5.41) is 6.84. The molecule has 0 aliphatic heterocycles. The van der Waals surface area contributed by atoms with E-state index in [1.165, 1.54) is 19.3 Å². The van der Waals surface area contributed by atoms with Gasteiger partial charge in [0.2, 0.25) is 0 Å². The van der Waals surface area contributed by atoms with Gasteiger partial charge in [0.05, 0.1) is 6.20 Å². The topological polar surface area (TPSA) is 54.2 Å². The predicted molar refractivity (Wildman–Crippen MR) is 82.2 cm³/mol. The molecule has 0 unspecified atom stereocenters. The number of hydrogen-bond acceptors (Lipinski definition) is 4. The van der Waals surface area contributed by atoms with E-state index >= 15 is 0 Å². The highest BCUT2D eigenvalue weighted by molar-refractivity contribution is 5.65. The van der Waals surface area contributed by atoms with E-state index < -0.39 is 0 Å². The molecule has 20 heavy (non-hydrogen) atoms. The lowest BCUT2D eigenvalue weighted by molar-refractivity contribution is 0.180. The maximum Gasteiger partial charge on any atom is 0.180 e. The third kappa shape index (κ3) is 2.57. The molecule has 1 saturated carbocycles. The zero-order chi connectivity index (χ0) is 14.0. The van der Waals surface area contributed by atoms with Crippen LogP contribution in [0.5, 0.6) is 0 Å². The van der Waals surface area contributed by atoms with E-state index in [-0.39, 0.29) is 0 Å². The van der Waals surface area contributed by atoms with Gasteiger partial charge in [0.1, 0.15) is 5.82 Å². The summed E-state index contributed by atoms with van der Waals surface area (Å²) in [6.45, 7) is 6.40. The Balaban J connectivity index is 1.81. The van der Waals surface area contributed by atoms with E-state index in [0.717, 1.165) is 36.8 Å². The Morgan fingerprint density at radius 3 is 2.90 bits per heavy atom. The van der Waals surface area contributed by atoms with Gasteiger partial charge in [0.25, 0.3) is 0 Å². The van der Waals surface area contributed by atoms with Gasteiger partial charge in [-0.25, -0.2) is 9.97 Å². The molecule has 0 bridgehead atoms. The van der Waals surface area contributed by atoms with Crippen LogP contribution in [0, 0.1) is 5.41 Å². The summed E-state index contributed by atoms with van der Waals surface area (Å²) in [5.74, 6) is 1.78. The van der Waals surface area contributed by atoms with Gasteiger partial charge in [0, 0.05) is 25.5 Å². The van der Waals surface area contributed by atoms with Gasteiger partial charge in [-0.3, -0.25) is 0 Å². The summed E-state index contributed by atoms with van der Waals surface area (Å²) in [5.41, 5.74) is 1.33. The maximum absolute atomic E-state index is 4.67. The number of nitrogens with one attached hydrogen (secondary N) is 2. The van der Waals surface area contributed by atoms with Crippen molar-refractivity contribution in [2.24, 2.45) is 5.41 Å². The van der Waals surface area contributed by atoms with Crippen LogP contribution in [0.1, 0.15) is 39.5 Å². The summed E-state index contributed by atoms with van der Waals surface area (Å²) in [4.78, 5) is 9.06. The van der Waals surface area contributed by atoms with Crippen molar-refractivity contribution in [2.45, 2.75) is 39.5 Å². The van der Waals surface area contributed by atoms with Gasteiger partial charge >= 0.3 is 0 Å². The number of anilines is 2. The van der Waals surface area contributed by atoms with Crippen molar-refractivity contribution in [3.05, 3.63) is 18.6 Å². The lowest BCUT2D eigenvalue weighted by Crippen LogP contribution is -2.33. The van der Waals surface area contributed by atoms with Crippen LogP contribution in [0.25, 0.3) is 5.65 Å². The molecule has 2 aromatic rings. The molecule has 0 spiro atoms. The fourth-order valence-electron chi connectivity index (χ4n) is 2.64. The predicted octanol–water partition coefficient (Wildman–Crippen LogP) is 3.15. The molecular weight excluding hydrogens is 250 g/mol. The Kier molecular flexibility index (Phi) is 3.51. The third-order valence-electron chi connectivity index (χ3n) is 4.17. The van der Waals surface area contributed by atoms with Crippen LogP contribution in [-0.2, 0) is 0 Å². The largest absolute Gasteiger partial charge is 0.369 e. The number of hydrogen-bond donors (Lipinski definition) is 2. The summed E-state index contributed by atoms with van der Waals surface area (Å²) in [6.07, 6.45) is 10.8. The van der Waals surface area contributed by atoms with Gasteiger partial charge in [-0.2, -0.15) is 0 Å². The zero-order valence-corrected chi connectivity index (χ0v) is 12.3. The second-order valence-electron chi connectivity index (χ2n) is 6.08. The number of rotatable bonds is 6. The summed E-state index contributed by atoms with van der Waals surface area (Å²) in [7, 11) is 0. The lowest BCUT2D eigenvalue weighted by atomic mass is 9.70.